The standard InChI is InChI=1S/C19H26O7/c1-18(2,3)25-16(22)12-8-7-9(11-10(8)14(20)24-15(11)21)13(12)17(23)26-19(4,5)6/h8-13H,7H2,1-6H3/t8-,9+,10?,11?,12?,13?. The maximum absolute atomic E-state index is 12.8. The van der Waals surface area contributed by atoms with Crippen molar-refractivity contribution in [1.29, 1.82) is 0 Å². The van der Waals surface area contributed by atoms with Gasteiger partial charge in [-0.15, -0.1) is 0 Å². The number of hydrogen-bond donors (Lipinski definition) is 0. The van der Waals surface area contributed by atoms with Crippen LogP contribution in [0.3, 0.4) is 0 Å². The van der Waals surface area contributed by atoms with Crippen LogP contribution in [0.25, 0.3) is 0 Å². The van der Waals surface area contributed by atoms with Crippen LogP contribution in [0.5, 0.6) is 0 Å². The van der Waals surface area contributed by atoms with Crippen molar-refractivity contribution in [3.8, 4) is 0 Å². The number of hydrogen-bond acceptors (Lipinski definition) is 7. The molecule has 144 valence electrons. The Morgan fingerprint density at radius 2 is 1.15 bits per heavy atom. The zero-order chi connectivity index (χ0) is 19.6. The quantitative estimate of drug-likeness (QED) is 0.418. The van der Waals surface area contributed by atoms with E-state index < -0.39 is 70.6 Å². The van der Waals surface area contributed by atoms with Crippen LogP contribution in [0.4, 0.5) is 0 Å². The highest BCUT2D eigenvalue weighted by Gasteiger charge is 2.70. The number of esters is 4. The van der Waals surface area contributed by atoms with Gasteiger partial charge in [-0.2, -0.15) is 0 Å². The lowest BCUT2D eigenvalue weighted by molar-refractivity contribution is -0.178. The maximum Gasteiger partial charge on any atom is 0.317 e. The second-order valence-electron chi connectivity index (χ2n) is 9.47. The summed E-state index contributed by atoms with van der Waals surface area (Å²) in [7, 11) is 0. The molecule has 26 heavy (non-hydrogen) atoms. The number of fused-ring (bicyclic) bond motifs is 5. The fraction of sp³-hybridized carbons (Fsp3) is 0.789. The van der Waals surface area contributed by atoms with Crippen LogP contribution in [0.1, 0.15) is 48.0 Å². The number of cyclic esters (lactones) is 2. The molecule has 0 aromatic rings. The number of carbonyl (C=O) groups excluding carboxylic acids is 4. The van der Waals surface area contributed by atoms with Gasteiger partial charge in [-0.25, -0.2) is 0 Å². The molecular formula is C19H26O7. The maximum atomic E-state index is 12.8. The van der Waals surface area contributed by atoms with Gasteiger partial charge >= 0.3 is 23.9 Å². The van der Waals surface area contributed by atoms with E-state index in [1.54, 1.807) is 41.5 Å². The van der Waals surface area contributed by atoms with Gasteiger partial charge in [0.25, 0.3) is 0 Å². The molecule has 3 rings (SSSR count). The molecular weight excluding hydrogens is 340 g/mol. The van der Waals surface area contributed by atoms with Crippen molar-refractivity contribution in [2.24, 2.45) is 35.5 Å². The van der Waals surface area contributed by atoms with E-state index in [4.69, 9.17) is 14.2 Å². The molecule has 0 aromatic carbocycles. The lowest BCUT2D eigenvalue weighted by atomic mass is 9.69. The van der Waals surface area contributed by atoms with Crippen LogP contribution < -0.4 is 0 Å². The van der Waals surface area contributed by atoms with E-state index in [1.165, 1.54) is 0 Å². The van der Waals surface area contributed by atoms with Crippen molar-refractivity contribution in [3.05, 3.63) is 0 Å². The van der Waals surface area contributed by atoms with Crippen LogP contribution in [-0.4, -0.2) is 35.1 Å². The van der Waals surface area contributed by atoms with Crippen LogP contribution in [0.15, 0.2) is 0 Å². The smallest absolute Gasteiger partial charge is 0.317 e. The molecule has 6 atom stereocenters. The molecule has 4 unspecified atom stereocenters. The molecule has 7 nitrogen and oxygen atoms in total. The molecule has 0 N–H and O–H groups in total. The zero-order valence-corrected chi connectivity index (χ0v) is 16.0. The highest BCUT2D eigenvalue weighted by Crippen LogP contribution is 2.61. The van der Waals surface area contributed by atoms with Gasteiger partial charge in [-0.1, -0.05) is 0 Å². The van der Waals surface area contributed by atoms with Gasteiger partial charge in [0.1, 0.15) is 11.2 Å². The number of rotatable bonds is 2. The molecule has 1 heterocycles. The van der Waals surface area contributed by atoms with Crippen LogP contribution in [0.2, 0.25) is 0 Å². The van der Waals surface area contributed by atoms with Crippen molar-refractivity contribution in [2.45, 2.75) is 59.2 Å². The molecule has 0 aromatic heterocycles. The number of ether oxygens (including phenoxy) is 3. The second-order valence-corrected chi connectivity index (χ2v) is 9.47. The highest BCUT2D eigenvalue weighted by molar-refractivity contribution is 5.99. The van der Waals surface area contributed by atoms with Gasteiger partial charge in [-0.3, -0.25) is 19.2 Å². The topological polar surface area (TPSA) is 96.0 Å². The number of carbonyl (C=O) groups is 4. The normalized spacial score (nSPS) is 35.9. The van der Waals surface area contributed by atoms with Crippen molar-refractivity contribution in [2.75, 3.05) is 0 Å². The van der Waals surface area contributed by atoms with E-state index >= 15 is 0 Å². The van der Waals surface area contributed by atoms with E-state index in [2.05, 4.69) is 0 Å². The van der Waals surface area contributed by atoms with Crippen LogP contribution in [0, 0.1) is 35.5 Å². The minimum absolute atomic E-state index is 0.434. The fourth-order valence-electron chi connectivity index (χ4n) is 4.67. The summed E-state index contributed by atoms with van der Waals surface area (Å²) >= 11 is 0. The Bertz CT molecular complexity index is 610. The molecule has 3 aliphatic rings. The molecule has 2 saturated carbocycles. The summed E-state index contributed by atoms with van der Waals surface area (Å²) in [6, 6.07) is 0. The summed E-state index contributed by atoms with van der Waals surface area (Å²) in [6.07, 6.45) is 0.448. The molecule has 2 bridgehead atoms. The zero-order valence-electron chi connectivity index (χ0n) is 16.0. The monoisotopic (exact) mass is 366 g/mol. The van der Waals surface area contributed by atoms with Gasteiger partial charge in [-0.05, 0) is 59.8 Å². The Kier molecular flexibility index (Phi) is 4.20. The Morgan fingerprint density at radius 3 is 1.46 bits per heavy atom. The Balaban J connectivity index is 1.94. The molecule has 0 spiro atoms. The first-order valence-electron chi connectivity index (χ1n) is 9.01. The molecule has 1 saturated heterocycles. The van der Waals surface area contributed by atoms with Crippen molar-refractivity contribution in [3.63, 3.8) is 0 Å². The van der Waals surface area contributed by atoms with Crippen molar-refractivity contribution >= 4 is 23.9 Å². The molecule has 7 heteroatoms. The van der Waals surface area contributed by atoms with E-state index in [-0.39, 0.29) is 0 Å². The molecule has 2 aliphatic carbocycles. The van der Waals surface area contributed by atoms with Gasteiger partial charge in [0.15, 0.2) is 0 Å². The van der Waals surface area contributed by atoms with Gasteiger partial charge < -0.3 is 14.2 Å². The lowest BCUT2D eigenvalue weighted by Crippen LogP contribution is -2.47. The Labute approximate surface area is 152 Å². The highest BCUT2D eigenvalue weighted by atomic mass is 16.6. The van der Waals surface area contributed by atoms with E-state index in [0.29, 0.717) is 6.42 Å². The minimum atomic E-state index is -0.797. The predicted molar refractivity (Wildman–Crippen MR) is 88.3 cm³/mol. The summed E-state index contributed by atoms with van der Waals surface area (Å²) < 4.78 is 15.8. The van der Waals surface area contributed by atoms with Crippen molar-refractivity contribution in [1.82, 2.24) is 0 Å². The first-order chi connectivity index (χ1) is 11.8. The van der Waals surface area contributed by atoms with E-state index in [9.17, 15) is 19.2 Å². The largest absolute Gasteiger partial charge is 0.460 e. The lowest BCUT2D eigenvalue weighted by Gasteiger charge is -2.35. The van der Waals surface area contributed by atoms with Gasteiger partial charge in [0.2, 0.25) is 0 Å². The second kappa shape index (κ2) is 5.79. The SMILES string of the molecule is CC(C)(C)OC(=O)C1C(C(=O)OC(C)(C)C)[C@H]2C[C@@H]1C1C(=O)OC(=O)C12. The molecule has 0 radical (unpaired) electrons. The van der Waals surface area contributed by atoms with E-state index in [1.807, 2.05) is 0 Å². The van der Waals surface area contributed by atoms with Gasteiger partial charge in [0, 0.05) is 0 Å². The summed E-state index contributed by atoms with van der Waals surface area (Å²) in [5.74, 6) is -6.02. The summed E-state index contributed by atoms with van der Waals surface area (Å²) in [5.41, 5.74) is -1.44. The Hall–Kier alpha value is -1.92. The third-order valence-corrected chi connectivity index (χ3v) is 5.27. The summed E-state index contributed by atoms with van der Waals surface area (Å²) in [5, 5.41) is 0. The molecule has 0 amide bonds. The van der Waals surface area contributed by atoms with Gasteiger partial charge in [0.05, 0.1) is 23.7 Å². The third-order valence-electron chi connectivity index (χ3n) is 5.27. The van der Waals surface area contributed by atoms with Crippen LogP contribution in [-0.2, 0) is 33.4 Å². The van der Waals surface area contributed by atoms with E-state index in [0.717, 1.165) is 0 Å². The first kappa shape index (κ1) is 18.9. The fourth-order valence-corrected chi connectivity index (χ4v) is 4.67. The minimum Gasteiger partial charge on any atom is -0.460 e. The molecule has 3 fully saturated rings. The Morgan fingerprint density at radius 1 is 0.808 bits per heavy atom. The first-order valence-corrected chi connectivity index (χ1v) is 9.01. The summed E-state index contributed by atoms with van der Waals surface area (Å²) in [6.45, 7) is 10.5. The third kappa shape index (κ3) is 3.12. The average Bonchev–Trinajstić information content (AvgIpc) is 3.05. The average molecular weight is 366 g/mol. The van der Waals surface area contributed by atoms with Crippen LogP contribution >= 0.6 is 0 Å². The predicted octanol–water partition coefficient (Wildman–Crippen LogP) is 1.87. The molecule has 1 aliphatic heterocycles. The summed E-state index contributed by atoms with van der Waals surface area (Å²) in [4.78, 5) is 49.9. The van der Waals surface area contributed by atoms with Crippen molar-refractivity contribution < 1.29 is 33.4 Å².